The van der Waals surface area contributed by atoms with Gasteiger partial charge in [0.05, 0.1) is 13.2 Å². The van der Waals surface area contributed by atoms with E-state index in [0.717, 1.165) is 0 Å². The summed E-state index contributed by atoms with van der Waals surface area (Å²) in [5, 5.41) is 45.7. The maximum atomic E-state index is 11.3. The van der Waals surface area contributed by atoms with Crippen LogP contribution in [0.2, 0.25) is 0 Å². The molecule has 0 aromatic rings. The molecular weight excluding hydrogens is 244 g/mol. The van der Waals surface area contributed by atoms with Crippen LogP contribution in [0.15, 0.2) is 0 Å². The molecular formula is C11H22O7. The van der Waals surface area contributed by atoms with Crippen LogP contribution in [0.4, 0.5) is 0 Å². The van der Waals surface area contributed by atoms with Gasteiger partial charge < -0.3 is 30.3 Å². The molecule has 0 rings (SSSR count). The average Bonchev–Trinajstić information content (AvgIpc) is 2.34. The van der Waals surface area contributed by atoms with Crippen molar-refractivity contribution in [2.75, 3.05) is 13.2 Å². The van der Waals surface area contributed by atoms with Crippen LogP contribution in [0, 0.1) is 5.92 Å². The monoisotopic (exact) mass is 266 g/mol. The Bertz CT molecular complexity index is 244. The lowest BCUT2D eigenvalue weighted by Crippen LogP contribution is -2.49. The van der Waals surface area contributed by atoms with Gasteiger partial charge in [-0.1, -0.05) is 13.8 Å². The van der Waals surface area contributed by atoms with Crippen LogP contribution >= 0.6 is 0 Å². The molecule has 0 radical (unpaired) electrons. The van der Waals surface area contributed by atoms with Crippen LogP contribution < -0.4 is 0 Å². The summed E-state index contributed by atoms with van der Waals surface area (Å²) >= 11 is 0. The summed E-state index contributed by atoms with van der Waals surface area (Å²) in [5.41, 5.74) is 0. The molecule has 0 spiro atoms. The van der Waals surface area contributed by atoms with Crippen LogP contribution in [0.3, 0.4) is 0 Å². The SMILES string of the molecule is CC(C)CCOC(=O)C(O)C(O)C(O)C(O)CO. The third-order valence-electron chi connectivity index (χ3n) is 2.44. The normalized spacial score (nSPS) is 18.2. The number of ether oxygens (including phenoxy) is 1. The molecule has 0 saturated heterocycles. The van der Waals surface area contributed by atoms with Crippen LogP contribution in [0.1, 0.15) is 20.3 Å². The molecule has 0 aromatic carbocycles. The van der Waals surface area contributed by atoms with Gasteiger partial charge in [0, 0.05) is 0 Å². The van der Waals surface area contributed by atoms with Crippen molar-refractivity contribution < 1.29 is 35.1 Å². The van der Waals surface area contributed by atoms with Crippen molar-refractivity contribution in [3.63, 3.8) is 0 Å². The molecule has 7 nitrogen and oxygen atoms in total. The number of carbonyl (C=O) groups excluding carboxylic acids is 1. The average molecular weight is 266 g/mol. The van der Waals surface area contributed by atoms with Crippen molar-refractivity contribution in [3.8, 4) is 0 Å². The second kappa shape index (κ2) is 8.39. The van der Waals surface area contributed by atoms with E-state index in [1.807, 2.05) is 13.8 Å². The predicted octanol–water partition coefficient (Wildman–Crippen LogP) is -1.99. The van der Waals surface area contributed by atoms with Crippen LogP contribution in [-0.4, -0.2) is 69.1 Å². The molecule has 0 aromatic heterocycles. The molecule has 108 valence electrons. The smallest absolute Gasteiger partial charge is 0.337 e. The van der Waals surface area contributed by atoms with E-state index in [2.05, 4.69) is 0 Å². The largest absolute Gasteiger partial charge is 0.464 e. The summed E-state index contributed by atoms with van der Waals surface area (Å²) in [7, 11) is 0. The molecule has 0 amide bonds. The Morgan fingerprint density at radius 3 is 2.11 bits per heavy atom. The van der Waals surface area contributed by atoms with Gasteiger partial charge in [-0.05, 0) is 12.3 Å². The molecule has 0 aliphatic carbocycles. The van der Waals surface area contributed by atoms with E-state index < -0.39 is 37.0 Å². The molecule has 0 bridgehead atoms. The van der Waals surface area contributed by atoms with Crippen molar-refractivity contribution in [3.05, 3.63) is 0 Å². The van der Waals surface area contributed by atoms with Gasteiger partial charge in [0.2, 0.25) is 0 Å². The van der Waals surface area contributed by atoms with E-state index in [4.69, 9.17) is 14.9 Å². The Labute approximate surface area is 106 Å². The van der Waals surface area contributed by atoms with E-state index in [9.17, 15) is 20.1 Å². The summed E-state index contributed by atoms with van der Waals surface area (Å²) in [6, 6.07) is 0. The van der Waals surface area contributed by atoms with E-state index >= 15 is 0 Å². The highest BCUT2D eigenvalue weighted by atomic mass is 16.5. The Balaban J connectivity index is 4.19. The Hall–Kier alpha value is -0.730. The number of hydrogen-bond acceptors (Lipinski definition) is 7. The van der Waals surface area contributed by atoms with Gasteiger partial charge in [-0.15, -0.1) is 0 Å². The quantitative estimate of drug-likeness (QED) is 0.322. The predicted molar refractivity (Wildman–Crippen MR) is 61.5 cm³/mol. The van der Waals surface area contributed by atoms with Gasteiger partial charge in [-0.3, -0.25) is 0 Å². The lowest BCUT2D eigenvalue weighted by atomic mass is 10.0. The van der Waals surface area contributed by atoms with E-state index in [1.54, 1.807) is 0 Å². The molecule has 0 saturated carbocycles. The zero-order chi connectivity index (χ0) is 14.3. The molecule has 0 heterocycles. The van der Waals surface area contributed by atoms with Crippen molar-refractivity contribution in [2.24, 2.45) is 5.92 Å². The Morgan fingerprint density at radius 1 is 1.11 bits per heavy atom. The molecule has 4 unspecified atom stereocenters. The first kappa shape index (κ1) is 17.3. The summed E-state index contributed by atoms with van der Waals surface area (Å²) in [4.78, 5) is 11.3. The number of aliphatic hydroxyl groups excluding tert-OH is 5. The number of esters is 1. The second-order valence-corrected chi connectivity index (χ2v) is 4.53. The maximum Gasteiger partial charge on any atom is 0.337 e. The number of carbonyl (C=O) groups is 1. The third kappa shape index (κ3) is 5.74. The fourth-order valence-corrected chi connectivity index (χ4v) is 1.14. The third-order valence-corrected chi connectivity index (χ3v) is 2.44. The van der Waals surface area contributed by atoms with Crippen molar-refractivity contribution in [1.82, 2.24) is 0 Å². The Kier molecular flexibility index (Phi) is 8.05. The number of rotatable bonds is 8. The minimum Gasteiger partial charge on any atom is -0.464 e. The summed E-state index contributed by atoms with van der Waals surface area (Å²) < 4.78 is 4.70. The Morgan fingerprint density at radius 2 is 1.67 bits per heavy atom. The second-order valence-electron chi connectivity index (χ2n) is 4.53. The van der Waals surface area contributed by atoms with Gasteiger partial charge in [0.15, 0.2) is 6.10 Å². The highest BCUT2D eigenvalue weighted by molar-refractivity contribution is 5.75. The minimum atomic E-state index is -1.96. The minimum absolute atomic E-state index is 0.0962. The highest BCUT2D eigenvalue weighted by Crippen LogP contribution is 2.07. The molecule has 5 N–H and O–H groups in total. The van der Waals surface area contributed by atoms with E-state index in [0.29, 0.717) is 12.3 Å². The first-order valence-corrected chi connectivity index (χ1v) is 5.81. The molecule has 0 fully saturated rings. The van der Waals surface area contributed by atoms with Crippen LogP contribution in [-0.2, 0) is 9.53 Å². The molecule has 7 heteroatoms. The van der Waals surface area contributed by atoms with Crippen molar-refractivity contribution in [1.29, 1.82) is 0 Å². The first-order chi connectivity index (χ1) is 8.31. The first-order valence-electron chi connectivity index (χ1n) is 5.81. The highest BCUT2D eigenvalue weighted by Gasteiger charge is 2.35. The maximum absolute atomic E-state index is 11.3. The lowest BCUT2D eigenvalue weighted by Gasteiger charge is -2.24. The van der Waals surface area contributed by atoms with Crippen LogP contribution in [0.25, 0.3) is 0 Å². The summed E-state index contributed by atoms with van der Waals surface area (Å²) in [5.74, 6) is -0.756. The van der Waals surface area contributed by atoms with Crippen LogP contribution in [0.5, 0.6) is 0 Å². The molecule has 4 atom stereocenters. The summed E-state index contributed by atoms with van der Waals surface area (Å²) in [6.07, 6.45) is -6.75. The number of aliphatic hydroxyl groups is 5. The lowest BCUT2D eigenvalue weighted by molar-refractivity contribution is -0.170. The molecule has 18 heavy (non-hydrogen) atoms. The standard InChI is InChI=1S/C11H22O7/c1-6(2)3-4-18-11(17)10(16)9(15)8(14)7(13)5-12/h6-10,12-16H,3-5H2,1-2H3. The zero-order valence-electron chi connectivity index (χ0n) is 10.6. The summed E-state index contributed by atoms with van der Waals surface area (Å²) in [6.45, 7) is 3.16. The van der Waals surface area contributed by atoms with Crippen molar-refractivity contribution >= 4 is 5.97 Å². The van der Waals surface area contributed by atoms with Gasteiger partial charge >= 0.3 is 5.97 Å². The topological polar surface area (TPSA) is 127 Å². The van der Waals surface area contributed by atoms with E-state index in [1.165, 1.54) is 0 Å². The van der Waals surface area contributed by atoms with Gasteiger partial charge in [0.1, 0.15) is 18.3 Å². The van der Waals surface area contributed by atoms with E-state index in [-0.39, 0.29) is 6.61 Å². The zero-order valence-corrected chi connectivity index (χ0v) is 10.6. The molecule has 0 aliphatic rings. The van der Waals surface area contributed by atoms with Gasteiger partial charge in [-0.25, -0.2) is 4.79 Å². The number of hydrogen-bond donors (Lipinski definition) is 5. The molecule has 0 aliphatic heterocycles. The van der Waals surface area contributed by atoms with Gasteiger partial charge in [-0.2, -0.15) is 0 Å². The van der Waals surface area contributed by atoms with Crippen molar-refractivity contribution in [2.45, 2.75) is 44.7 Å². The fourth-order valence-electron chi connectivity index (χ4n) is 1.14. The van der Waals surface area contributed by atoms with Gasteiger partial charge in [0.25, 0.3) is 0 Å². The fraction of sp³-hybridized carbons (Fsp3) is 0.909.